The molecule has 7 amide bonds. The average molecular weight is 988 g/mol. The van der Waals surface area contributed by atoms with Crippen molar-refractivity contribution in [3.8, 4) is 0 Å². The van der Waals surface area contributed by atoms with Crippen LogP contribution < -0.4 is 50.4 Å². The number of nitrogens with zero attached hydrogens (tertiary/aromatic N) is 2. The summed E-state index contributed by atoms with van der Waals surface area (Å²) in [6.07, 6.45) is -3.39. The normalized spacial score (nSPS) is 19.9. The van der Waals surface area contributed by atoms with Crippen LogP contribution in [-0.4, -0.2) is 171 Å². The van der Waals surface area contributed by atoms with E-state index in [1.807, 2.05) is 0 Å². The lowest BCUT2D eigenvalue weighted by molar-refractivity contribution is -0.194. The summed E-state index contributed by atoms with van der Waals surface area (Å²) in [6.45, 7) is 5.53. The van der Waals surface area contributed by atoms with Crippen LogP contribution in [0.4, 0.5) is 0 Å². The van der Waals surface area contributed by atoms with Gasteiger partial charge in [-0.05, 0) is 63.5 Å². The van der Waals surface area contributed by atoms with Crippen LogP contribution >= 0.6 is 11.8 Å². The molecule has 2 unspecified atom stereocenters. The van der Waals surface area contributed by atoms with Crippen molar-refractivity contribution in [2.45, 2.75) is 139 Å². The maximum absolute atomic E-state index is 14.6. The fourth-order valence-electron chi connectivity index (χ4n) is 7.28. The number of fused-ring (bicyclic) bond motifs is 1. The molecule has 0 bridgehead atoms. The van der Waals surface area contributed by atoms with E-state index in [1.165, 1.54) is 13.8 Å². The Morgan fingerprint density at radius 1 is 0.824 bits per heavy atom. The summed E-state index contributed by atoms with van der Waals surface area (Å²) in [4.78, 5) is 132. The quantitative estimate of drug-likeness (QED) is 0.0184. The second kappa shape index (κ2) is 27.0. The number of carboxylic acid groups (broad SMARTS) is 2. The lowest BCUT2D eigenvalue weighted by Crippen LogP contribution is -2.80. The van der Waals surface area contributed by atoms with Gasteiger partial charge in [0.1, 0.15) is 30.1 Å². The largest absolute Gasteiger partial charge is 0.480 e. The fourth-order valence-corrected chi connectivity index (χ4v) is 8.61. The molecule has 2 aliphatic heterocycles. The van der Waals surface area contributed by atoms with Crippen LogP contribution in [0.2, 0.25) is 0 Å². The summed E-state index contributed by atoms with van der Waals surface area (Å²) < 4.78 is 10.7. The Bertz CT molecular complexity index is 1910. The fraction of sp³-hybridized carbons (Fsp3) is 0.707. The number of carboxylic acids is 2. The Hall–Kier alpha value is -5.29. The van der Waals surface area contributed by atoms with Crippen LogP contribution in [0, 0.1) is 11.8 Å². The topological polar surface area (TPSA) is 449 Å². The molecule has 27 heteroatoms. The first-order valence-corrected chi connectivity index (χ1v) is 23.0. The molecule has 1 saturated heterocycles. The van der Waals surface area contributed by atoms with E-state index in [-0.39, 0.29) is 62.1 Å². The Kier molecular flexibility index (Phi) is 23.4. The van der Waals surface area contributed by atoms with E-state index >= 15 is 0 Å². The zero-order valence-corrected chi connectivity index (χ0v) is 39.8. The number of nitrogens with one attached hydrogen (secondary N) is 3. The molecule has 2 aliphatic rings. The first kappa shape index (κ1) is 58.8. The number of carbonyl (C=O) groups excluding carboxylic acids is 8. The van der Waals surface area contributed by atoms with E-state index in [0.717, 1.165) is 12.0 Å². The SMILES string of the molecule is CO[C@@]1(NC(=O)CCC[C@@H](N)C(=O)O)C(=O)N2CC(COC(=O)CC(O)C(CC(N)=O)N(C(=O)[C@@H](NC(=O)[C@@H](NC(=O)[C@@H](N)CCCN)C(C)C)C(C)C)C(=O)[C@@H](N)CCCN)=C(C(=O)O)S[C@H]21. The molecule has 384 valence electrons. The molecular formula is C41H69N11O15S. The number of aliphatic hydroxyl groups excluding tert-OH is 1. The third-order valence-corrected chi connectivity index (χ3v) is 12.7. The van der Waals surface area contributed by atoms with E-state index in [4.69, 9.17) is 49.0 Å². The molecule has 0 radical (unpaired) electrons. The molecule has 0 saturated carbocycles. The number of hydrogen-bond donors (Lipinski definition) is 12. The highest BCUT2D eigenvalue weighted by molar-refractivity contribution is 8.04. The number of ether oxygens (including phenoxy) is 2. The summed E-state index contributed by atoms with van der Waals surface area (Å²) in [5.74, 6) is -11.6. The van der Waals surface area contributed by atoms with Gasteiger partial charge in [0.25, 0.3) is 17.5 Å². The minimum Gasteiger partial charge on any atom is -0.480 e. The van der Waals surface area contributed by atoms with Crippen LogP contribution in [0.25, 0.3) is 0 Å². The lowest BCUT2D eigenvalue weighted by Gasteiger charge is -2.55. The predicted octanol–water partition coefficient (Wildman–Crippen LogP) is -4.41. The number of amides is 7. The van der Waals surface area contributed by atoms with Crippen molar-refractivity contribution >= 4 is 71.0 Å². The Morgan fingerprint density at radius 2 is 1.38 bits per heavy atom. The molecule has 68 heavy (non-hydrogen) atoms. The number of hydrogen-bond acceptors (Lipinski definition) is 19. The van der Waals surface area contributed by atoms with Crippen molar-refractivity contribution in [1.82, 2.24) is 25.8 Å². The summed E-state index contributed by atoms with van der Waals surface area (Å²) in [6, 6.07) is -8.31. The third-order valence-electron chi connectivity index (χ3n) is 11.2. The van der Waals surface area contributed by atoms with Crippen LogP contribution in [0.15, 0.2) is 10.5 Å². The smallest absolute Gasteiger partial charge is 0.342 e. The minimum atomic E-state index is -2.08. The molecule has 2 rings (SSSR count). The molecule has 0 aromatic carbocycles. The molecule has 0 aromatic heterocycles. The van der Waals surface area contributed by atoms with Gasteiger partial charge in [0.2, 0.25) is 29.5 Å². The second-order valence-corrected chi connectivity index (χ2v) is 18.3. The lowest BCUT2D eigenvalue weighted by atomic mass is 9.95. The number of β-lactam (4-membered cyclic amide) rings is 1. The minimum absolute atomic E-state index is 0.0384. The van der Waals surface area contributed by atoms with E-state index in [2.05, 4.69) is 16.0 Å². The Labute approximate surface area is 397 Å². The number of nitrogens with two attached hydrogens (primary N) is 6. The van der Waals surface area contributed by atoms with Gasteiger partial charge in [-0.25, -0.2) is 4.79 Å². The number of imide groups is 1. The number of thioether (sulfide) groups is 1. The Morgan fingerprint density at radius 3 is 1.90 bits per heavy atom. The van der Waals surface area contributed by atoms with Gasteiger partial charge < -0.3 is 80.0 Å². The van der Waals surface area contributed by atoms with Gasteiger partial charge >= 0.3 is 17.9 Å². The summed E-state index contributed by atoms with van der Waals surface area (Å²) >= 11 is 0.616. The van der Waals surface area contributed by atoms with Crippen LogP contribution in [0.3, 0.4) is 0 Å². The van der Waals surface area contributed by atoms with Crippen LogP contribution in [0.1, 0.15) is 85.5 Å². The number of rotatable bonds is 30. The van der Waals surface area contributed by atoms with Crippen molar-refractivity contribution in [3.05, 3.63) is 10.5 Å². The highest BCUT2D eigenvalue weighted by Crippen LogP contribution is 2.47. The number of carbonyl (C=O) groups is 10. The standard InChI is InChI=1S/C41H69N11O15S/c1-19(2)30(48-33(57)22(44)10-7-13-42)34(58)49-31(20(3)4)36(60)52(35(59)23(45)11-8-14-43)25(15-27(47)54)26(53)16-29(56)67-18-21-17-51-39(65)41(66-5,40(51)68-32(21)38(63)64)50-28(55)12-6-9-24(46)37(61)62/h19-20,22-26,30-31,40,53H,6-18,42-46H2,1-5H3,(H2,47,54)(H,48,57)(H,49,58)(H,50,55)(H,61,62)(H,63,64)/t22-,23-,24+,25?,26?,30-,31-,40-,41-/m0/s1. The molecular weight excluding hydrogens is 919 g/mol. The van der Waals surface area contributed by atoms with Gasteiger partial charge in [0.15, 0.2) is 0 Å². The maximum Gasteiger partial charge on any atom is 0.342 e. The van der Waals surface area contributed by atoms with Crippen LogP contribution in [-0.2, 0) is 57.4 Å². The van der Waals surface area contributed by atoms with E-state index in [0.29, 0.717) is 23.1 Å². The van der Waals surface area contributed by atoms with Crippen molar-refractivity contribution in [2.75, 3.05) is 33.4 Å². The van der Waals surface area contributed by atoms with Crippen molar-refractivity contribution < 1.29 is 72.7 Å². The maximum atomic E-state index is 14.6. The molecule has 9 atom stereocenters. The molecule has 1 fully saturated rings. The Balaban J connectivity index is 2.40. The van der Waals surface area contributed by atoms with Gasteiger partial charge in [-0.2, -0.15) is 0 Å². The molecule has 0 aromatic rings. The highest BCUT2D eigenvalue weighted by atomic mass is 32.2. The van der Waals surface area contributed by atoms with E-state index in [9.17, 15) is 58.2 Å². The monoisotopic (exact) mass is 987 g/mol. The second-order valence-electron chi connectivity index (χ2n) is 17.2. The molecule has 2 heterocycles. The molecule has 18 N–H and O–H groups in total. The molecule has 0 aliphatic carbocycles. The van der Waals surface area contributed by atoms with E-state index in [1.54, 1.807) is 13.8 Å². The molecule has 0 spiro atoms. The number of methoxy groups -OCH3 is 1. The molecule has 26 nitrogen and oxygen atoms in total. The third kappa shape index (κ3) is 15.6. The van der Waals surface area contributed by atoms with Gasteiger partial charge in [0.05, 0.1) is 35.6 Å². The van der Waals surface area contributed by atoms with Gasteiger partial charge in [-0.15, -0.1) is 0 Å². The van der Waals surface area contributed by atoms with Gasteiger partial charge in [-0.3, -0.25) is 48.1 Å². The van der Waals surface area contributed by atoms with Crippen LogP contribution in [0.5, 0.6) is 0 Å². The number of esters is 1. The number of aliphatic carboxylic acids is 2. The van der Waals surface area contributed by atoms with Crippen molar-refractivity contribution in [3.63, 3.8) is 0 Å². The predicted molar refractivity (Wildman–Crippen MR) is 242 cm³/mol. The van der Waals surface area contributed by atoms with E-state index < -0.39 is 151 Å². The van der Waals surface area contributed by atoms with Gasteiger partial charge in [0, 0.05) is 32.1 Å². The summed E-state index contributed by atoms with van der Waals surface area (Å²) in [7, 11) is 1.12. The summed E-state index contributed by atoms with van der Waals surface area (Å²) in [5, 5.41) is 37.2. The zero-order chi connectivity index (χ0) is 51.8. The first-order valence-electron chi connectivity index (χ1n) is 22.1. The average Bonchev–Trinajstić information content (AvgIpc) is 3.27. The summed E-state index contributed by atoms with van der Waals surface area (Å²) in [5.41, 5.74) is 32.3. The van der Waals surface area contributed by atoms with Crippen molar-refractivity contribution in [1.29, 1.82) is 0 Å². The number of primary amides is 1. The van der Waals surface area contributed by atoms with Crippen molar-refractivity contribution in [2.24, 2.45) is 46.2 Å². The zero-order valence-electron chi connectivity index (χ0n) is 39.0. The van der Waals surface area contributed by atoms with Gasteiger partial charge in [-0.1, -0.05) is 39.5 Å². The first-order chi connectivity index (χ1) is 31.8. The number of aliphatic hydroxyl groups is 1. The highest BCUT2D eigenvalue weighted by Gasteiger charge is 2.65.